The van der Waals surface area contributed by atoms with Crippen molar-refractivity contribution >= 4 is 46.6 Å². The van der Waals surface area contributed by atoms with E-state index in [4.69, 9.17) is 10.5 Å². The Morgan fingerprint density at radius 2 is 1.38 bits per heavy atom. The molecule has 0 aromatic heterocycles. The SMILES string of the molecule is CS(=O)CC[C@@H](NC(=O)[C@H](Cc1ccc(O)cc1)NC(=O)OC(C)(C)C)C(=O)NCC(=O)N[C@@H](Cc1ccccc1)C(=O)NNC(N)=O. The Balaban J connectivity index is 2.16. The van der Waals surface area contributed by atoms with Crippen molar-refractivity contribution in [1.82, 2.24) is 32.1 Å². The van der Waals surface area contributed by atoms with Crippen LogP contribution in [-0.4, -0.2) is 87.3 Å². The summed E-state index contributed by atoms with van der Waals surface area (Å²) in [6.07, 6.45) is 0.484. The van der Waals surface area contributed by atoms with Crippen molar-refractivity contribution in [2.24, 2.45) is 5.73 Å². The molecule has 1 unspecified atom stereocenters. The van der Waals surface area contributed by atoms with Crippen LogP contribution >= 0.6 is 0 Å². The van der Waals surface area contributed by atoms with Crippen molar-refractivity contribution in [2.45, 2.75) is 63.8 Å². The summed E-state index contributed by atoms with van der Waals surface area (Å²) in [6, 6.07) is 9.99. The number of rotatable bonds is 15. The first-order valence-corrected chi connectivity index (χ1v) is 16.6. The third kappa shape index (κ3) is 15.4. The molecule has 262 valence electrons. The van der Waals surface area contributed by atoms with E-state index in [9.17, 15) is 38.1 Å². The number of nitrogens with two attached hydrogens (primary N) is 1. The fraction of sp³-hybridized carbons (Fsp3) is 0.419. The second kappa shape index (κ2) is 18.8. The van der Waals surface area contributed by atoms with Crippen molar-refractivity contribution in [3.63, 3.8) is 0 Å². The van der Waals surface area contributed by atoms with E-state index in [1.807, 2.05) is 5.43 Å². The summed E-state index contributed by atoms with van der Waals surface area (Å²) in [5, 5.41) is 19.6. The van der Waals surface area contributed by atoms with Crippen molar-refractivity contribution in [3.8, 4) is 5.75 Å². The number of hydrogen-bond donors (Lipinski definition) is 8. The van der Waals surface area contributed by atoms with Crippen LogP contribution in [0.5, 0.6) is 5.75 Å². The molecule has 0 saturated heterocycles. The van der Waals surface area contributed by atoms with Gasteiger partial charge in [-0.05, 0) is 50.5 Å². The van der Waals surface area contributed by atoms with Crippen LogP contribution < -0.4 is 37.9 Å². The Hall–Kier alpha value is -5.19. The van der Waals surface area contributed by atoms with E-state index in [-0.39, 0.29) is 30.8 Å². The number of urea groups is 1. The zero-order valence-corrected chi connectivity index (χ0v) is 28.0. The minimum atomic E-state index is -1.34. The number of phenolic OH excluding ortho intramolecular Hbond substituents is 1. The molecule has 0 fully saturated rings. The summed E-state index contributed by atoms with van der Waals surface area (Å²) < 4.78 is 17.2. The quantitative estimate of drug-likeness (QED) is 0.113. The molecule has 4 atom stereocenters. The standard InChI is InChI=1S/C31H43N7O9S/c1-31(2,3)47-30(45)36-23(17-20-10-12-21(39)13-11-20)27(42)35-22(14-15-48(4)46)26(41)33-18-25(40)34-24(28(43)37-38-29(32)44)16-19-8-6-5-7-9-19/h5-13,22-24,39H,14-18H2,1-4H3,(H,33,41)(H,34,40)(H,35,42)(H,36,45)(H,37,43)(H3,32,38,44)/t22-,23+,24+,48?/m1/s1. The summed E-state index contributed by atoms with van der Waals surface area (Å²) in [6.45, 7) is 4.35. The molecular formula is C31H43N7O9S. The van der Waals surface area contributed by atoms with Gasteiger partial charge in [-0.3, -0.25) is 28.8 Å². The summed E-state index contributed by atoms with van der Waals surface area (Å²) in [5.74, 6) is -3.06. The number of hydrazine groups is 1. The van der Waals surface area contributed by atoms with E-state index in [2.05, 4.69) is 26.7 Å². The molecule has 17 heteroatoms. The van der Waals surface area contributed by atoms with Gasteiger partial charge in [0, 0.05) is 35.6 Å². The van der Waals surface area contributed by atoms with Crippen LogP contribution in [0.1, 0.15) is 38.3 Å². The molecule has 0 aliphatic carbocycles. The van der Waals surface area contributed by atoms with Gasteiger partial charge in [0.25, 0.3) is 5.91 Å². The Morgan fingerprint density at radius 1 is 0.792 bits per heavy atom. The lowest BCUT2D eigenvalue weighted by Gasteiger charge is -2.25. The molecule has 0 bridgehead atoms. The Bertz CT molecular complexity index is 1450. The number of aromatic hydroxyl groups is 1. The lowest BCUT2D eigenvalue weighted by Crippen LogP contribution is -2.57. The van der Waals surface area contributed by atoms with Crippen LogP contribution in [0.2, 0.25) is 0 Å². The minimum Gasteiger partial charge on any atom is -0.508 e. The third-order valence-corrected chi connectivity index (χ3v) is 7.19. The highest BCUT2D eigenvalue weighted by Gasteiger charge is 2.29. The molecule has 7 amide bonds. The fourth-order valence-corrected chi connectivity index (χ4v) is 4.72. The van der Waals surface area contributed by atoms with Crippen molar-refractivity contribution in [3.05, 3.63) is 65.7 Å². The van der Waals surface area contributed by atoms with Gasteiger partial charge in [-0.2, -0.15) is 0 Å². The topological polar surface area (TPSA) is 247 Å². The van der Waals surface area contributed by atoms with Crippen LogP contribution in [-0.2, 0) is 47.6 Å². The number of alkyl carbamates (subject to hydrolysis) is 1. The van der Waals surface area contributed by atoms with E-state index in [1.54, 1.807) is 63.2 Å². The third-order valence-electron chi connectivity index (χ3n) is 6.38. The number of primary amides is 1. The molecule has 16 nitrogen and oxygen atoms in total. The lowest BCUT2D eigenvalue weighted by atomic mass is 10.0. The number of ether oxygens (including phenoxy) is 1. The van der Waals surface area contributed by atoms with E-state index in [0.717, 1.165) is 0 Å². The molecule has 0 heterocycles. The second-order valence-electron chi connectivity index (χ2n) is 11.7. The highest BCUT2D eigenvalue weighted by molar-refractivity contribution is 7.84. The molecule has 0 spiro atoms. The predicted octanol–water partition coefficient (Wildman–Crippen LogP) is -0.375. The van der Waals surface area contributed by atoms with Crippen molar-refractivity contribution < 1.29 is 42.8 Å². The molecular weight excluding hydrogens is 646 g/mol. The van der Waals surface area contributed by atoms with Crippen LogP contribution in [0.3, 0.4) is 0 Å². The summed E-state index contributed by atoms with van der Waals surface area (Å²) in [4.78, 5) is 75.8. The molecule has 2 aromatic carbocycles. The lowest BCUT2D eigenvalue weighted by molar-refractivity contribution is -0.132. The van der Waals surface area contributed by atoms with Crippen LogP contribution in [0, 0.1) is 0 Å². The number of benzene rings is 2. The van der Waals surface area contributed by atoms with Crippen LogP contribution in [0.15, 0.2) is 54.6 Å². The molecule has 9 N–H and O–H groups in total. The number of nitrogens with one attached hydrogen (secondary N) is 6. The molecule has 2 rings (SSSR count). The highest BCUT2D eigenvalue weighted by Crippen LogP contribution is 2.13. The van der Waals surface area contributed by atoms with E-state index in [0.29, 0.717) is 11.1 Å². The molecule has 2 aromatic rings. The molecule has 0 radical (unpaired) electrons. The van der Waals surface area contributed by atoms with Gasteiger partial charge in [-0.1, -0.05) is 42.5 Å². The average Bonchev–Trinajstić information content (AvgIpc) is 3.00. The zero-order valence-electron chi connectivity index (χ0n) is 27.2. The minimum absolute atomic E-state index is 0.00235. The Morgan fingerprint density at radius 3 is 1.94 bits per heavy atom. The molecule has 0 saturated carbocycles. The number of amides is 7. The van der Waals surface area contributed by atoms with Gasteiger partial charge < -0.3 is 36.8 Å². The van der Waals surface area contributed by atoms with Gasteiger partial charge in [-0.15, -0.1) is 0 Å². The van der Waals surface area contributed by atoms with Gasteiger partial charge in [0.2, 0.25) is 17.7 Å². The second-order valence-corrected chi connectivity index (χ2v) is 13.3. The predicted molar refractivity (Wildman–Crippen MR) is 176 cm³/mol. The number of phenols is 1. The van der Waals surface area contributed by atoms with E-state index < -0.39 is 76.8 Å². The van der Waals surface area contributed by atoms with Crippen molar-refractivity contribution in [1.29, 1.82) is 0 Å². The summed E-state index contributed by atoms with van der Waals surface area (Å²) in [7, 11) is -1.34. The number of carbonyl (C=O) groups excluding carboxylic acids is 6. The first-order chi connectivity index (χ1) is 22.5. The first-order valence-electron chi connectivity index (χ1n) is 14.9. The van der Waals surface area contributed by atoms with Crippen LogP contribution in [0.25, 0.3) is 0 Å². The number of hydrogen-bond acceptors (Lipinski definition) is 9. The zero-order chi connectivity index (χ0) is 35.9. The van der Waals surface area contributed by atoms with Crippen LogP contribution in [0.4, 0.5) is 9.59 Å². The van der Waals surface area contributed by atoms with Crippen molar-refractivity contribution in [2.75, 3.05) is 18.6 Å². The first kappa shape index (κ1) is 39.0. The summed E-state index contributed by atoms with van der Waals surface area (Å²) >= 11 is 0. The molecule has 0 aliphatic heterocycles. The molecule has 0 aliphatic rings. The highest BCUT2D eigenvalue weighted by atomic mass is 32.2. The summed E-state index contributed by atoms with van der Waals surface area (Å²) in [5.41, 5.74) is 9.47. The number of carbonyl (C=O) groups is 6. The van der Waals surface area contributed by atoms with Gasteiger partial charge >= 0.3 is 12.1 Å². The Labute approximate surface area is 280 Å². The maximum atomic E-state index is 13.5. The monoisotopic (exact) mass is 689 g/mol. The smallest absolute Gasteiger partial charge is 0.408 e. The normalized spacial score (nSPS) is 13.4. The Kier molecular flexibility index (Phi) is 15.3. The fourth-order valence-electron chi connectivity index (χ4n) is 4.16. The van der Waals surface area contributed by atoms with Gasteiger partial charge in [0.15, 0.2) is 0 Å². The van der Waals surface area contributed by atoms with E-state index in [1.165, 1.54) is 18.4 Å². The maximum absolute atomic E-state index is 13.5. The largest absolute Gasteiger partial charge is 0.508 e. The van der Waals surface area contributed by atoms with Gasteiger partial charge in [-0.25, -0.2) is 15.0 Å². The molecule has 48 heavy (non-hydrogen) atoms. The van der Waals surface area contributed by atoms with E-state index >= 15 is 0 Å². The maximum Gasteiger partial charge on any atom is 0.408 e. The van der Waals surface area contributed by atoms with Gasteiger partial charge in [0.05, 0.1) is 6.54 Å². The average molecular weight is 690 g/mol. The van der Waals surface area contributed by atoms with Gasteiger partial charge in [0.1, 0.15) is 29.5 Å².